The highest BCUT2D eigenvalue weighted by Crippen LogP contribution is 2.67. The van der Waals surface area contributed by atoms with Crippen molar-refractivity contribution in [3.05, 3.63) is 22.7 Å². The summed E-state index contributed by atoms with van der Waals surface area (Å²) < 4.78 is 52.0. The molecule has 2 rings (SSSR count). The molecule has 1 saturated heterocycles. The second-order valence-corrected chi connectivity index (χ2v) is 9.70. The number of ether oxygens (including phenoxy) is 1. The number of phosphoric acid groups is 3. The predicted octanol–water partition coefficient (Wildman–Crippen LogP) is -1.18. The summed E-state index contributed by atoms with van der Waals surface area (Å²) in [6.45, 7) is -0.742. The van der Waals surface area contributed by atoms with Crippen molar-refractivity contribution in [1.82, 2.24) is 9.55 Å². The number of phosphoric ester groups is 1. The molecule has 1 fully saturated rings. The van der Waals surface area contributed by atoms with Crippen LogP contribution in [0.3, 0.4) is 0 Å². The molecule has 0 saturated carbocycles. The number of aliphatic hydroxyl groups excluding tert-OH is 1. The summed E-state index contributed by atoms with van der Waals surface area (Å²) in [5.41, 5.74) is 4.54. The van der Waals surface area contributed by atoms with E-state index in [-0.39, 0.29) is 12.2 Å². The number of aliphatic hydroxyl groups is 1. The molecule has 2 unspecified atom stereocenters. The van der Waals surface area contributed by atoms with Gasteiger partial charge in [-0.15, -0.1) is 0 Å². The van der Waals surface area contributed by atoms with E-state index < -0.39 is 54.2 Å². The third-order valence-electron chi connectivity index (χ3n) is 3.21. The Kier molecular flexibility index (Phi) is 6.99. The van der Waals surface area contributed by atoms with Crippen LogP contribution in [0.4, 0.5) is 5.82 Å². The molecule has 0 bridgehead atoms. The van der Waals surface area contributed by atoms with Gasteiger partial charge in [0.15, 0.2) is 0 Å². The van der Waals surface area contributed by atoms with Crippen LogP contribution in [0, 0.1) is 0 Å². The largest absolute Gasteiger partial charge is 0.490 e. The van der Waals surface area contributed by atoms with Gasteiger partial charge >= 0.3 is 29.2 Å². The number of rotatable bonds is 8. The second kappa shape index (κ2) is 8.40. The Balaban J connectivity index is 2.13. The summed E-state index contributed by atoms with van der Waals surface area (Å²) in [5, 5.41) is 9.32. The fraction of sp³-hybridized carbons (Fsp3) is 0.556. The van der Waals surface area contributed by atoms with Crippen molar-refractivity contribution in [2.45, 2.75) is 24.9 Å². The Morgan fingerprint density at radius 1 is 1.21 bits per heavy atom. The topological polar surface area (TPSA) is 250 Å². The number of anilines is 1. The third kappa shape index (κ3) is 6.52. The van der Waals surface area contributed by atoms with Gasteiger partial charge in [-0.3, -0.25) is 9.09 Å². The Bertz CT molecular complexity index is 914. The number of nitrogens with two attached hydrogens (primary N) is 1. The van der Waals surface area contributed by atoms with Gasteiger partial charge in [-0.2, -0.15) is 13.6 Å². The fourth-order valence-electron chi connectivity index (χ4n) is 2.26. The van der Waals surface area contributed by atoms with Crippen molar-refractivity contribution < 1.29 is 56.3 Å². The van der Waals surface area contributed by atoms with E-state index in [2.05, 4.69) is 18.1 Å². The van der Waals surface area contributed by atoms with Gasteiger partial charge in [-0.05, 0) is 6.07 Å². The Morgan fingerprint density at radius 2 is 1.86 bits per heavy atom. The number of nitrogens with zero attached hydrogens (tertiary/aromatic N) is 2. The van der Waals surface area contributed by atoms with Gasteiger partial charge in [0.25, 0.3) is 0 Å². The monoisotopic (exact) mass is 467 g/mol. The van der Waals surface area contributed by atoms with E-state index in [1.54, 1.807) is 0 Å². The molecule has 0 spiro atoms. The molecule has 0 amide bonds. The maximum atomic E-state index is 11.9. The van der Waals surface area contributed by atoms with Crippen LogP contribution in [0.15, 0.2) is 17.1 Å². The molecule has 7 N–H and O–H groups in total. The van der Waals surface area contributed by atoms with Crippen molar-refractivity contribution in [3.8, 4) is 0 Å². The molecule has 1 aromatic heterocycles. The van der Waals surface area contributed by atoms with Gasteiger partial charge in [-0.25, -0.2) is 18.5 Å². The van der Waals surface area contributed by atoms with Crippen LogP contribution < -0.4 is 11.4 Å². The lowest BCUT2D eigenvalue weighted by Crippen LogP contribution is -2.28. The number of hydrogen-bond donors (Lipinski definition) is 6. The van der Waals surface area contributed by atoms with E-state index in [0.717, 1.165) is 4.57 Å². The van der Waals surface area contributed by atoms with Gasteiger partial charge in [0.1, 0.15) is 24.3 Å². The van der Waals surface area contributed by atoms with Gasteiger partial charge in [-0.1, -0.05) is 0 Å². The Morgan fingerprint density at radius 3 is 2.39 bits per heavy atom. The maximum Gasteiger partial charge on any atom is 0.490 e. The highest BCUT2D eigenvalue weighted by molar-refractivity contribution is 7.66. The molecule has 5 atom stereocenters. The van der Waals surface area contributed by atoms with Gasteiger partial charge in [0, 0.05) is 12.6 Å². The first-order valence-corrected chi connectivity index (χ1v) is 11.7. The summed E-state index contributed by atoms with van der Waals surface area (Å²) >= 11 is 0. The Hall–Kier alpha value is -0.990. The standard InChI is InChI=1S/C9H16N3O13P3/c10-7-1-2-12(9(14)11-7)8-3-5(6(4-13)22-8)23-27(18,19)25-28(20,21)24-26(15,16)17/h1-2,5-6,8,13H,3-4H2,(H,18,19)(H,20,21)(H2,10,11,14)(H2,15,16,17)/t5-,6+,8+/m0/s1. The zero-order valence-electron chi connectivity index (χ0n) is 13.6. The van der Waals surface area contributed by atoms with Crippen LogP contribution in [-0.4, -0.2) is 53.0 Å². The average Bonchev–Trinajstić information content (AvgIpc) is 2.84. The normalized spacial score (nSPS) is 27.2. The summed E-state index contributed by atoms with van der Waals surface area (Å²) in [6.07, 6.45) is -2.88. The SMILES string of the molecule is Nc1ccn([C@H]2C[C@H](OP(=O)(O)OP(=O)(O)OP(=O)(O)O)[C@@H](CO)O2)c(=O)n1. The molecule has 0 aliphatic carbocycles. The van der Waals surface area contributed by atoms with Crippen LogP contribution in [-0.2, 0) is 31.6 Å². The molecular formula is C9H16N3O13P3. The molecule has 2 heterocycles. The van der Waals surface area contributed by atoms with E-state index in [0.29, 0.717) is 0 Å². The quantitative estimate of drug-likeness (QED) is 0.246. The highest BCUT2D eigenvalue weighted by atomic mass is 31.3. The smallest absolute Gasteiger partial charge is 0.394 e. The summed E-state index contributed by atoms with van der Waals surface area (Å²) in [5.74, 6) is -0.0669. The van der Waals surface area contributed by atoms with Gasteiger partial charge in [0.2, 0.25) is 0 Å². The van der Waals surface area contributed by atoms with Crippen molar-refractivity contribution >= 4 is 29.3 Å². The molecule has 1 aliphatic heterocycles. The van der Waals surface area contributed by atoms with Crippen molar-refractivity contribution in [2.75, 3.05) is 12.3 Å². The van der Waals surface area contributed by atoms with Crippen molar-refractivity contribution in [1.29, 1.82) is 0 Å². The molecule has 19 heteroatoms. The van der Waals surface area contributed by atoms with E-state index in [9.17, 15) is 28.5 Å². The Labute approximate surface area is 155 Å². The van der Waals surface area contributed by atoms with E-state index in [1.165, 1.54) is 12.3 Å². The molecule has 1 aliphatic rings. The highest BCUT2D eigenvalue weighted by Gasteiger charge is 2.46. The molecular weight excluding hydrogens is 451 g/mol. The van der Waals surface area contributed by atoms with Crippen molar-refractivity contribution in [2.24, 2.45) is 0 Å². The minimum Gasteiger partial charge on any atom is -0.394 e. The van der Waals surface area contributed by atoms with Crippen LogP contribution in [0.1, 0.15) is 12.6 Å². The summed E-state index contributed by atoms with van der Waals surface area (Å²) in [7, 11) is -16.7. The molecule has 0 aromatic carbocycles. The lowest BCUT2D eigenvalue weighted by Gasteiger charge is -2.21. The first-order chi connectivity index (χ1) is 12.7. The van der Waals surface area contributed by atoms with E-state index >= 15 is 0 Å². The zero-order valence-corrected chi connectivity index (χ0v) is 16.3. The molecule has 16 nitrogen and oxygen atoms in total. The maximum absolute atomic E-state index is 11.9. The third-order valence-corrected chi connectivity index (χ3v) is 7.07. The van der Waals surface area contributed by atoms with E-state index in [1.807, 2.05) is 0 Å². The number of nitrogen functional groups attached to an aromatic ring is 1. The van der Waals surface area contributed by atoms with Gasteiger partial charge in [0.05, 0.1) is 6.61 Å². The minimum atomic E-state index is -5.69. The molecule has 28 heavy (non-hydrogen) atoms. The summed E-state index contributed by atoms with van der Waals surface area (Å²) in [4.78, 5) is 51.0. The second-order valence-electron chi connectivity index (χ2n) is 5.32. The molecule has 0 radical (unpaired) electrons. The summed E-state index contributed by atoms with van der Waals surface area (Å²) in [6, 6.07) is 1.27. The van der Waals surface area contributed by atoms with Crippen LogP contribution >= 0.6 is 23.5 Å². The minimum absolute atomic E-state index is 0.0669. The molecule has 160 valence electrons. The van der Waals surface area contributed by atoms with Crippen LogP contribution in [0.5, 0.6) is 0 Å². The lowest BCUT2D eigenvalue weighted by molar-refractivity contribution is -0.0451. The lowest BCUT2D eigenvalue weighted by atomic mass is 10.2. The van der Waals surface area contributed by atoms with Crippen LogP contribution in [0.2, 0.25) is 0 Å². The van der Waals surface area contributed by atoms with Crippen LogP contribution in [0.25, 0.3) is 0 Å². The number of hydrogen-bond acceptors (Lipinski definition) is 11. The predicted molar refractivity (Wildman–Crippen MR) is 87.3 cm³/mol. The fourth-order valence-corrected chi connectivity index (χ4v) is 5.49. The van der Waals surface area contributed by atoms with Gasteiger partial charge < -0.3 is 35.2 Å². The first-order valence-electron chi connectivity index (χ1n) is 7.14. The van der Waals surface area contributed by atoms with E-state index in [4.69, 9.17) is 25.2 Å². The van der Waals surface area contributed by atoms with Crippen molar-refractivity contribution in [3.63, 3.8) is 0 Å². The first kappa shape index (κ1) is 23.3. The molecule has 1 aromatic rings. The number of aromatic nitrogens is 2. The zero-order chi connectivity index (χ0) is 21.3. The average molecular weight is 467 g/mol.